The molecule has 1 fully saturated rings. The molecule has 104 valence electrons. The van der Waals surface area contributed by atoms with E-state index < -0.39 is 0 Å². The summed E-state index contributed by atoms with van der Waals surface area (Å²) in [7, 11) is 0. The van der Waals surface area contributed by atoms with E-state index in [2.05, 4.69) is 15.9 Å². The fraction of sp³-hybridized carbons (Fsp3) is 0.533. The van der Waals surface area contributed by atoms with E-state index in [0.29, 0.717) is 12.3 Å². The number of hydrogen-bond donors (Lipinski definition) is 1. The molecular weight excluding hydrogens is 306 g/mol. The smallest absolute Gasteiger partial charge is 0.226 e. The largest absolute Gasteiger partial charge is 0.396 e. The van der Waals surface area contributed by atoms with Crippen molar-refractivity contribution in [3.05, 3.63) is 33.8 Å². The fourth-order valence-corrected chi connectivity index (χ4v) is 2.97. The van der Waals surface area contributed by atoms with Crippen LogP contribution < -0.4 is 0 Å². The highest BCUT2D eigenvalue weighted by atomic mass is 79.9. The van der Waals surface area contributed by atoms with Crippen molar-refractivity contribution in [1.82, 2.24) is 4.90 Å². The summed E-state index contributed by atoms with van der Waals surface area (Å²) in [5.74, 6) is 0.570. The van der Waals surface area contributed by atoms with Crippen molar-refractivity contribution in [3.8, 4) is 0 Å². The molecule has 0 spiro atoms. The molecule has 1 aromatic carbocycles. The average Bonchev–Trinajstić information content (AvgIpc) is 2.42. The van der Waals surface area contributed by atoms with Crippen LogP contribution >= 0.6 is 15.9 Å². The number of aliphatic hydroxyl groups is 1. The molecule has 2 rings (SSSR count). The van der Waals surface area contributed by atoms with E-state index in [0.717, 1.165) is 41.5 Å². The maximum atomic E-state index is 12.3. The second kappa shape index (κ2) is 6.53. The average molecular weight is 326 g/mol. The number of piperidine rings is 1. The van der Waals surface area contributed by atoms with Crippen LogP contribution in [0.5, 0.6) is 0 Å². The normalized spacial score (nSPS) is 16.7. The molecule has 0 aliphatic carbocycles. The van der Waals surface area contributed by atoms with Crippen molar-refractivity contribution >= 4 is 21.8 Å². The van der Waals surface area contributed by atoms with E-state index in [1.54, 1.807) is 0 Å². The van der Waals surface area contributed by atoms with Crippen LogP contribution in [0.1, 0.15) is 24.0 Å². The minimum absolute atomic E-state index is 0.196. The van der Waals surface area contributed by atoms with Crippen LogP contribution in [0.15, 0.2) is 22.7 Å². The molecule has 1 aromatic rings. The summed E-state index contributed by atoms with van der Waals surface area (Å²) in [6.45, 7) is 3.83. The number of carbonyl (C=O) groups excluding carboxylic acids is 1. The van der Waals surface area contributed by atoms with Gasteiger partial charge in [-0.25, -0.2) is 0 Å². The Hall–Kier alpha value is -0.870. The lowest BCUT2D eigenvalue weighted by Crippen LogP contribution is -2.40. The standard InChI is InChI=1S/C15H20BrNO2/c1-11-8-14(16)3-2-13(11)9-15(19)17-6-4-12(10-18)5-7-17/h2-3,8,12,18H,4-7,9-10H2,1H3. The molecule has 3 nitrogen and oxygen atoms in total. The van der Waals surface area contributed by atoms with Gasteiger partial charge in [-0.3, -0.25) is 4.79 Å². The molecule has 0 saturated carbocycles. The zero-order valence-corrected chi connectivity index (χ0v) is 12.8. The minimum atomic E-state index is 0.196. The monoisotopic (exact) mass is 325 g/mol. The number of nitrogens with zero attached hydrogens (tertiary/aromatic N) is 1. The molecule has 0 aromatic heterocycles. The van der Waals surface area contributed by atoms with E-state index in [-0.39, 0.29) is 12.5 Å². The molecule has 1 N–H and O–H groups in total. The third-order valence-corrected chi connectivity index (χ3v) is 4.37. The van der Waals surface area contributed by atoms with E-state index >= 15 is 0 Å². The Balaban J connectivity index is 1.94. The van der Waals surface area contributed by atoms with Crippen molar-refractivity contribution in [2.24, 2.45) is 5.92 Å². The Bertz CT molecular complexity index is 453. The summed E-state index contributed by atoms with van der Waals surface area (Å²) in [6.07, 6.45) is 2.31. The number of halogens is 1. The first-order valence-electron chi connectivity index (χ1n) is 6.74. The van der Waals surface area contributed by atoms with Crippen molar-refractivity contribution < 1.29 is 9.90 Å². The second-order valence-electron chi connectivity index (χ2n) is 5.25. The van der Waals surface area contributed by atoms with E-state index in [9.17, 15) is 4.79 Å². The van der Waals surface area contributed by atoms with Gasteiger partial charge in [0.25, 0.3) is 0 Å². The van der Waals surface area contributed by atoms with Gasteiger partial charge in [0, 0.05) is 24.2 Å². The summed E-state index contributed by atoms with van der Waals surface area (Å²) in [6, 6.07) is 6.03. The molecule has 1 amide bonds. The highest BCUT2D eigenvalue weighted by Crippen LogP contribution is 2.20. The lowest BCUT2D eigenvalue weighted by molar-refractivity contribution is -0.132. The van der Waals surface area contributed by atoms with E-state index in [4.69, 9.17) is 5.11 Å². The maximum absolute atomic E-state index is 12.3. The Morgan fingerprint density at radius 3 is 2.68 bits per heavy atom. The van der Waals surface area contributed by atoms with Crippen molar-refractivity contribution in [2.45, 2.75) is 26.2 Å². The zero-order valence-electron chi connectivity index (χ0n) is 11.2. The van der Waals surface area contributed by atoms with Crippen molar-refractivity contribution in [2.75, 3.05) is 19.7 Å². The summed E-state index contributed by atoms with van der Waals surface area (Å²) < 4.78 is 1.05. The summed E-state index contributed by atoms with van der Waals surface area (Å²) in [5, 5.41) is 9.11. The minimum Gasteiger partial charge on any atom is -0.396 e. The molecular formula is C15H20BrNO2. The molecule has 4 heteroatoms. The van der Waals surface area contributed by atoms with Gasteiger partial charge in [0.2, 0.25) is 5.91 Å². The summed E-state index contributed by atoms with van der Waals surface area (Å²) in [5.41, 5.74) is 2.24. The van der Waals surface area contributed by atoms with Crippen LogP contribution in [-0.4, -0.2) is 35.6 Å². The quantitative estimate of drug-likeness (QED) is 0.927. The molecule has 1 aliphatic rings. The number of aliphatic hydroxyl groups excluding tert-OH is 1. The van der Waals surface area contributed by atoms with E-state index in [1.807, 2.05) is 30.0 Å². The molecule has 1 aliphatic heterocycles. The Kier molecular flexibility index (Phi) is 4.99. The highest BCUT2D eigenvalue weighted by molar-refractivity contribution is 9.10. The molecule has 0 radical (unpaired) electrons. The van der Waals surface area contributed by atoms with Crippen LogP contribution in [0.2, 0.25) is 0 Å². The first-order valence-corrected chi connectivity index (χ1v) is 7.53. The van der Waals surface area contributed by atoms with Crippen molar-refractivity contribution in [3.63, 3.8) is 0 Å². The second-order valence-corrected chi connectivity index (χ2v) is 6.17. The van der Waals surface area contributed by atoms with Gasteiger partial charge in [0.05, 0.1) is 6.42 Å². The number of carbonyl (C=O) groups is 1. The molecule has 1 saturated heterocycles. The highest BCUT2D eigenvalue weighted by Gasteiger charge is 2.22. The number of hydrogen-bond acceptors (Lipinski definition) is 2. The Morgan fingerprint density at radius 1 is 1.42 bits per heavy atom. The lowest BCUT2D eigenvalue weighted by Gasteiger charge is -2.31. The maximum Gasteiger partial charge on any atom is 0.226 e. The third kappa shape index (κ3) is 3.80. The number of aryl methyl sites for hydroxylation is 1. The van der Waals surface area contributed by atoms with Gasteiger partial charge >= 0.3 is 0 Å². The van der Waals surface area contributed by atoms with Gasteiger partial charge in [0.1, 0.15) is 0 Å². The topological polar surface area (TPSA) is 40.5 Å². The van der Waals surface area contributed by atoms with Crippen molar-refractivity contribution in [1.29, 1.82) is 0 Å². The van der Waals surface area contributed by atoms with Gasteiger partial charge in [-0.2, -0.15) is 0 Å². The van der Waals surface area contributed by atoms with Crippen LogP contribution in [0.3, 0.4) is 0 Å². The predicted octanol–water partition coefficient (Wildman–Crippen LogP) is 2.53. The van der Waals surface area contributed by atoms with Crippen LogP contribution in [0.4, 0.5) is 0 Å². The van der Waals surface area contributed by atoms with Gasteiger partial charge in [0.15, 0.2) is 0 Å². The molecule has 19 heavy (non-hydrogen) atoms. The van der Waals surface area contributed by atoms with E-state index in [1.165, 1.54) is 0 Å². The SMILES string of the molecule is Cc1cc(Br)ccc1CC(=O)N1CCC(CO)CC1. The predicted molar refractivity (Wildman–Crippen MR) is 79.0 cm³/mol. The van der Waals surface area contributed by atoms with Crippen LogP contribution in [0.25, 0.3) is 0 Å². The van der Waals surface area contributed by atoms with Gasteiger partial charge in [-0.1, -0.05) is 22.0 Å². The van der Waals surface area contributed by atoms with Crippen LogP contribution in [-0.2, 0) is 11.2 Å². The number of amides is 1. The van der Waals surface area contributed by atoms with Crippen LogP contribution in [0, 0.1) is 12.8 Å². The number of benzene rings is 1. The summed E-state index contributed by atoms with van der Waals surface area (Å²) >= 11 is 3.43. The lowest BCUT2D eigenvalue weighted by atomic mass is 9.97. The van der Waals surface area contributed by atoms with Gasteiger partial charge < -0.3 is 10.0 Å². The molecule has 0 unspecified atom stereocenters. The fourth-order valence-electron chi connectivity index (χ4n) is 2.50. The number of likely N-dealkylation sites (tertiary alicyclic amines) is 1. The third-order valence-electron chi connectivity index (χ3n) is 3.87. The number of rotatable bonds is 3. The van der Waals surface area contributed by atoms with Gasteiger partial charge in [-0.05, 0) is 48.9 Å². The first-order chi connectivity index (χ1) is 9.10. The first kappa shape index (κ1) is 14.5. The Labute approximate surface area is 122 Å². The summed E-state index contributed by atoms with van der Waals surface area (Å²) in [4.78, 5) is 14.2. The molecule has 0 atom stereocenters. The zero-order chi connectivity index (χ0) is 13.8. The van der Waals surface area contributed by atoms with Gasteiger partial charge in [-0.15, -0.1) is 0 Å². The molecule has 1 heterocycles. The molecule has 0 bridgehead atoms. The Morgan fingerprint density at radius 2 is 2.11 bits per heavy atom.